The van der Waals surface area contributed by atoms with Gasteiger partial charge in [0.15, 0.2) is 0 Å². The fourth-order valence-corrected chi connectivity index (χ4v) is 2.74. The molecule has 2 N–H and O–H groups in total. The Labute approximate surface area is 106 Å². The third-order valence-corrected chi connectivity index (χ3v) is 3.98. The van der Waals surface area contributed by atoms with E-state index >= 15 is 0 Å². The quantitative estimate of drug-likeness (QED) is 0.903. The minimum atomic E-state index is 0.202. The molecular weight excluding hydrogens is 243 g/mol. The van der Waals surface area contributed by atoms with Gasteiger partial charge >= 0.3 is 0 Å². The minimum absolute atomic E-state index is 0.202. The maximum absolute atomic E-state index is 6.23. The Morgan fingerprint density at radius 3 is 2.56 bits per heavy atom. The van der Waals surface area contributed by atoms with Gasteiger partial charge in [-0.3, -0.25) is 4.90 Å². The first kappa shape index (κ1) is 12.2. The zero-order valence-electron chi connectivity index (χ0n) is 9.13. The lowest BCUT2D eigenvalue weighted by molar-refractivity contribution is 0.251. The molecule has 1 saturated heterocycles. The highest BCUT2D eigenvalue weighted by molar-refractivity contribution is 6.42. The van der Waals surface area contributed by atoms with E-state index in [-0.39, 0.29) is 6.04 Å². The smallest absolute Gasteiger partial charge is 0.0640 e. The van der Waals surface area contributed by atoms with Crippen LogP contribution in [0.2, 0.25) is 10.0 Å². The lowest BCUT2D eigenvalue weighted by Gasteiger charge is -2.27. The van der Waals surface area contributed by atoms with E-state index in [1.165, 1.54) is 12.8 Å². The zero-order valence-corrected chi connectivity index (χ0v) is 10.6. The van der Waals surface area contributed by atoms with Crippen molar-refractivity contribution in [2.24, 2.45) is 5.73 Å². The van der Waals surface area contributed by atoms with Crippen LogP contribution in [-0.4, -0.2) is 24.5 Å². The summed E-state index contributed by atoms with van der Waals surface area (Å²) < 4.78 is 0. The molecule has 0 aliphatic carbocycles. The van der Waals surface area contributed by atoms with Crippen molar-refractivity contribution in [3.8, 4) is 0 Å². The molecule has 0 saturated carbocycles. The standard InChI is InChI=1S/C12H16Cl2N2/c13-10-5-3-4-9(12(10)14)11(8-15)16-6-1-2-7-16/h3-5,11H,1-2,6-8,15H2/t11-/m1/s1. The first-order chi connectivity index (χ1) is 7.74. The van der Waals surface area contributed by atoms with Crippen LogP contribution in [0.5, 0.6) is 0 Å². The van der Waals surface area contributed by atoms with Crippen LogP contribution >= 0.6 is 23.2 Å². The van der Waals surface area contributed by atoms with Gasteiger partial charge in [-0.25, -0.2) is 0 Å². The molecule has 0 amide bonds. The summed E-state index contributed by atoms with van der Waals surface area (Å²) in [4.78, 5) is 2.39. The molecule has 4 heteroatoms. The van der Waals surface area contributed by atoms with Crippen molar-refractivity contribution in [2.75, 3.05) is 19.6 Å². The monoisotopic (exact) mass is 258 g/mol. The third kappa shape index (κ3) is 2.35. The van der Waals surface area contributed by atoms with Gasteiger partial charge in [0.25, 0.3) is 0 Å². The van der Waals surface area contributed by atoms with Gasteiger partial charge in [0.1, 0.15) is 0 Å². The molecule has 16 heavy (non-hydrogen) atoms. The Kier molecular flexibility index (Phi) is 4.09. The second-order valence-corrected chi connectivity index (χ2v) is 4.92. The lowest BCUT2D eigenvalue weighted by Crippen LogP contribution is -2.31. The van der Waals surface area contributed by atoms with E-state index in [0.29, 0.717) is 16.6 Å². The zero-order chi connectivity index (χ0) is 11.5. The minimum Gasteiger partial charge on any atom is -0.329 e. The van der Waals surface area contributed by atoms with Gasteiger partial charge in [-0.15, -0.1) is 0 Å². The number of halogens is 2. The Morgan fingerprint density at radius 2 is 1.94 bits per heavy atom. The van der Waals surface area contributed by atoms with Crippen LogP contribution in [0.15, 0.2) is 18.2 Å². The van der Waals surface area contributed by atoms with Crippen LogP contribution in [0.4, 0.5) is 0 Å². The Hall–Kier alpha value is -0.280. The molecule has 0 radical (unpaired) electrons. The number of hydrogen-bond donors (Lipinski definition) is 1. The second-order valence-electron chi connectivity index (χ2n) is 4.14. The number of hydrogen-bond acceptors (Lipinski definition) is 2. The summed E-state index contributed by atoms with van der Waals surface area (Å²) >= 11 is 12.3. The summed E-state index contributed by atoms with van der Waals surface area (Å²) in [5.74, 6) is 0. The molecule has 88 valence electrons. The van der Waals surface area contributed by atoms with Crippen molar-refractivity contribution < 1.29 is 0 Å². The van der Waals surface area contributed by atoms with Gasteiger partial charge in [0.2, 0.25) is 0 Å². The molecule has 0 spiro atoms. The topological polar surface area (TPSA) is 29.3 Å². The Bertz CT molecular complexity index is 362. The van der Waals surface area contributed by atoms with E-state index < -0.39 is 0 Å². The van der Waals surface area contributed by atoms with Crippen molar-refractivity contribution in [3.05, 3.63) is 33.8 Å². The molecule has 0 bridgehead atoms. The molecule has 2 nitrogen and oxygen atoms in total. The van der Waals surface area contributed by atoms with Crippen LogP contribution in [0.25, 0.3) is 0 Å². The van der Waals surface area contributed by atoms with Gasteiger partial charge < -0.3 is 5.73 Å². The van der Waals surface area contributed by atoms with Crippen LogP contribution < -0.4 is 5.73 Å². The molecule has 0 unspecified atom stereocenters. The van der Waals surface area contributed by atoms with Crippen molar-refractivity contribution in [3.63, 3.8) is 0 Å². The second kappa shape index (κ2) is 5.37. The van der Waals surface area contributed by atoms with E-state index in [1.54, 1.807) is 0 Å². The summed E-state index contributed by atoms with van der Waals surface area (Å²) in [6.45, 7) is 2.79. The summed E-state index contributed by atoms with van der Waals surface area (Å²) in [5.41, 5.74) is 6.91. The molecule has 1 aromatic rings. The highest BCUT2D eigenvalue weighted by atomic mass is 35.5. The molecule has 1 atom stereocenters. The van der Waals surface area contributed by atoms with Crippen LogP contribution in [0.3, 0.4) is 0 Å². The van der Waals surface area contributed by atoms with Gasteiger partial charge in [-0.2, -0.15) is 0 Å². The predicted molar refractivity (Wildman–Crippen MR) is 69.1 cm³/mol. The molecule has 2 rings (SSSR count). The van der Waals surface area contributed by atoms with Crippen molar-refractivity contribution in [1.82, 2.24) is 4.90 Å². The molecule has 1 aliphatic heterocycles. The normalized spacial score (nSPS) is 18.9. The largest absolute Gasteiger partial charge is 0.329 e. The van der Waals surface area contributed by atoms with Gasteiger partial charge in [0.05, 0.1) is 10.0 Å². The number of rotatable bonds is 3. The predicted octanol–water partition coefficient (Wildman–Crippen LogP) is 3.09. The first-order valence-corrected chi connectivity index (χ1v) is 6.37. The number of likely N-dealkylation sites (tertiary alicyclic amines) is 1. The molecule has 1 heterocycles. The summed E-state index contributed by atoms with van der Waals surface area (Å²) in [5, 5.41) is 1.25. The van der Waals surface area contributed by atoms with Gasteiger partial charge in [0, 0.05) is 12.6 Å². The summed E-state index contributed by atoms with van der Waals surface area (Å²) in [6.07, 6.45) is 2.49. The molecule has 1 fully saturated rings. The van der Waals surface area contributed by atoms with E-state index in [4.69, 9.17) is 28.9 Å². The number of benzene rings is 1. The van der Waals surface area contributed by atoms with Crippen LogP contribution in [-0.2, 0) is 0 Å². The van der Waals surface area contributed by atoms with Crippen molar-refractivity contribution in [2.45, 2.75) is 18.9 Å². The van der Waals surface area contributed by atoms with Gasteiger partial charge in [-0.05, 0) is 37.6 Å². The van der Waals surface area contributed by atoms with E-state index in [1.807, 2.05) is 18.2 Å². The highest BCUT2D eigenvalue weighted by Crippen LogP contribution is 2.33. The van der Waals surface area contributed by atoms with Crippen LogP contribution in [0.1, 0.15) is 24.4 Å². The average Bonchev–Trinajstić information content (AvgIpc) is 2.79. The molecule has 0 aromatic heterocycles. The summed E-state index contributed by atoms with van der Waals surface area (Å²) in [7, 11) is 0. The van der Waals surface area contributed by atoms with E-state index in [2.05, 4.69) is 4.90 Å². The maximum atomic E-state index is 6.23. The third-order valence-electron chi connectivity index (χ3n) is 3.15. The first-order valence-electron chi connectivity index (χ1n) is 5.62. The van der Waals surface area contributed by atoms with Crippen LogP contribution in [0, 0.1) is 0 Å². The SMILES string of the molecule is NC[C@H](c1cccc(Cl)c1Cl)N1CCCC1. The highest BCUT2D eigenvalue weighted by Gasteiger charge is 2.24. The maximum Gasteiger partial charge on any atom is 0.0640 e. The van der Waals surface area contributed by atoms with Gasteiger partial charge in [-0.1, -0.05) is 35.3 Å². The number of nitrogens with two attached hydrogens (primary N) is 1. The molecular formula is C12H16Cl2N2. The van der Waals surface area contributed by atoms with E-state index in [0.717, 1.165) is 18.7 Å². The fraction of sp³-hybridized carbons (Fsp3) is 0.500. The number of nitrogens with zero attached hydrogens (tertiary/aromatic N) is 1. The fourth-order valence-electron chi connectivity index (χ4n) is 2.30. The Balaban J connectivity index is 2.28. The molecule has 1 aliphatic rings. The average molecular weight is 259 g/mol. The lowest BCUT2D eigenvalue weighted by atomic mass is 10.1. The van der Waals surface area contributed by atoms with Crippen molar-refractivity contribution in [1.29, 1.82) is 0 Å². The van der Waals surface area contributed by atoms with Crippen molar-refractivity contribution >= 4 is 23.2 Å². The van der Waals surface area contributed by atoms with E-state index in [9.17, 15) is 0 Å². The molecule has 1 aromatic carbocycles. The Morgan fingerprint density at radius 1 is 1.25 bits per heavy atom. The summed E-state index contributed by atoms with van der Waals surface area (Å²) in [6, 6.07) is 5.96.